The molecule has 25 heavy (non-hydrogen) atoms. The van der Waals surface area contributed by atoms with Crippen molar-refractivity contribution in [3.8, 4) is 16.9 Å². The fourth-order valence-corrected chi connectivity index (χ4v) is 3.60. The molecule has 4 heteroatoms. The predicted octanol–water partition coefficient (Wildman–Crippen LogP) is 6.34. The van der Waals surface area contributed by atoms with Gasteiger partial charge < -0.3 is 4.74 Å². The summed E-state index contributed by atoms with van der Waals surface area (Å²) < 4.78 is 6.53. The second kappa shape index (κ2) is 7.85. The van der Waals surface area contributed by atoms with E-state index >= 15 is 0 Å². The Morgan fingerprint density at radius 2 is 1.64 bits per heavy atom. The Labute approximate surface area is 160 Å². The number of halogens is 2. The van der Waals surface area contributed by atoms with E-state index < -0.39 is 0 Å². The van der Waals surface area contributed by atoms with Gasteiger partial charge >= 0.3 is 0 Å². The van der Waals surface area contributed by atoms with Gasteiger partial charge in [0.15, 0.2) is 12.4 Å². The summed E-state index contributed by atoms with van der Waals surface area (Å²) >= 11 is 9.57. The number of carbonyl (C=O) groups is 1. The van der Waals surface area contributed by atoms with Gasteiger partial charge in [0.25, 0.3) is 0 Å². The highest BCUT2D eigenvalue weighted by Crippen LogP contribution is 2.32. The van der Waals surface area contributed by atoms with Crippen LogP contribution in [0.5, 0.6) is 5.75 Å². The average molecular weight is 416 g/mol. The lowest BCUT2D eigenvalue weighted by Gasteiger charge is -2.11. The number of carbonyl (C=O) groups excluding carboxylic acids is 1. The SMILES string of the molecule is Cc1cc(Br)cc(Cl)c1OCC(=O)c1ccc(-c2ccccc2)cc1. The molecule has 3 aromatic carbocycles. The van der Waals surface area contributed by atoms with E-state index in [1.54, 1.807) is 6.07 Å². The molecular weight excluding hydrogens is 400 g/mol. The van der Waals surface area contributed by atoms with Crippen molar-refractivity contribution in [2.75, 3.05) is 6.61 Å². The zero-order chi connectivity index (χ0) is 17.8. The van der Waals surface area contributed by atoms with E-state index in [1.807, 2.05) is 67.6 Å². The highest BCUT2D eigenvalue weighted by molar-refractivity contribution is 9.10. The van der Waals surface area contributed by atoms with Crippen LogP contribution in [0.3, 0.4) is 0 Å². The minimum Gasteiger partial charge on any atom is -0.484 e. The largest absolute Gasteiger partial charge is 0.484 e. The number of hydrogen-bond acceptors (Lipinski definition) is 2. The van der Waals surface area contributed by atoms with E-state index in [9.17, 15) is 4.79 Å². The molecule has 0 heterocycles. The van der Waals surface area contributed by atoms with Crippen molar-refractivity contribution in [1.82, 2.24) is 0 Å². The number of ether oxygens (including phenoxy) is 1. The molecule has 3 aromatic rings. The number of benzene rings is 3. The van der Waals surface area contributed by atoms with Crippen molar-refractivity contribution in [3.63, 3.8) is 0 Å². The molecule has 0 aliphatic heterocycles. The second-order valence-electron chi connectivity index (χ2n) is 5.69. The summed E-state index contributed by atoms with van der Waals surface area (Å²) in [6, 6.07) is 21.2. The summed E-state index contributed by atoms with van der Waals surface area (Å²) in [5.74, 6) is 0.456. The molecule has 2 nitrogen and oxygen atoms in total. The molecule has 0 aromatic heterocycles. The van der Waals surface area contributed by atoms with Gasteiger partial charge in [0.1, 0.15) is 5.75 Å². The van der Waals surface area contributed by atoms with Crippen LogP contribution in [0.1, 0.15) is 15.9 Å². The molecule has 0 saturated heterocycles. The molecule has 126 valence electrons. The quantitative estimate of drug-likeness (QED) is 0.454. The number of aryl methyl sites for hydroxylation is 1. The summed E-state index contributed by atoms with van der Waals surface area (Å²) in [4.78, 5) is 12.4. The zero-order valence-electron chi connectivity index (χ0n) is 13.6. The predicted molar refractivity (Wildman–Crippen MR) is 106 cm³/mol. The van der Waals surface area contributed by atoms with E-state index in [-0.39, 0.29) is 12.4 Å². The van der Waals surface area contributed by atoms with Gasteiger partial charge in [0.2, 0.25) is 0 Å². The van der Waals surface area contributed by atoms with Crippen molar-refractivity contribution in [3.05, 3.63) is 87.4 Å². The van der Waals surface area contributed by atoms with Gasteiger partial charge in [-0.2, -0.15) is 0 Å². The van der Waals surface area contributed by atoms with E-state index in [1.165, 1.54) is 0 Å². The first-order chi connectivity index (χ1) is 12.0. The van der Waals surface area contributed by atoms with Crippen LogP contribution in [0.4, 0.5) is 0 Å². The maximum Gasteiger partial charge on any atom is 0.200 e. The molecular formula is C21H16BrClO2. The van der Waals surface area contributed by atoms with Crippen LogP contribution in [-0.2, 0) is 0 Å². The third-order valence-electron chi connectivity index (χ3n) is 3.86. The molecule has 0 spiro atoms. The Kier molecular flexibility index (Phi) is 5.57. The van der Waals surface area contributed by atoms with Crippen molar-refractivity contribution in [2.24, 2.45) is 0 Å². The first-order valence-electron chi connectivity index (χ1n) is 7.82. The van der Waals surface area contributed by atoms with Crippen LogP contribution in [0.2, 0.25) is 5.02 Å². The van der Waals surface area contributed by atoms with Gasteiger partial charge in [0, 0.05) is 10.0 Å². The van der Waals surface area contributed by atoms with E-state index in [0.717, 1.165) is 21.2 Å². The molecule has 0 radical (unpaired) electrons. The lowest BCUT2D eigenvalue weighted by molar-refractivity contribution is 0.0921. The van der Waals surface area contributed by atoms with Gasteiger partial charge in [0.05, 0.1) is 5.02 Å². The van der Waals surface area contributed by atoms with Crippen molar-refractivity contribution < 1.29 is 9.53 Å². The molecule has 0 aliphatic carbocycles. The van der Waals surface area contributed by atoms with Gasteiger partial charge in [-0.1, -0.05) is 82.1 Å². The Bertz CT molecular complexity index is 867. The third kappa shape index (κ3) is 4.30. The standard InChI is InChI=1S/C21H16BrClO2/c1-14-11-18(22)12-19(23)21(14)25-13-20(24)17-9-7-16(8-10-17)15-5-3-2-4-6-15/h2-12H,13H2,1H3. The first-order valence-corrected chi connectivity index (χ1v) is 8.99. The topological polar surface area (TPSA) is 26.3 Å². The first kappa shape index (κ1) is 17.7. The number of ketones is 1. The molecule has 0 atom stereocenters. The van der Waals surface area contributed by atoms with E-state index in [0.29, 0.717) is 16.3 Å². The smallest absolute Gasteiger partial charge is 0.200 e. The van der Waals surface area contributed by atoms with Gasteiger partial charge in [-0.25, -0.2) is 0 Å². The maximum atomic E-state index is 12.4. The molecule has 3 rings (SSSR count). The molecule has 0 amide bonds. The number of Topliss-reactive ketones (excluding diaryl/α,β-unsaturated/α-hetero) is 1. The molecule has 0 saturated carbocycles. The fourth-order valence-electron chi connectivity index (χ4n) is 2.57. The highest BCUT2D eigenvalue weighted by Gasteiger charge is 2.11. The number of rotatable bonds is 5. The van der Waals surface area contributed by atoms with Crippen molar-refractivity contribution in [2.45, 2.75) is 6.92 Å². The second-order valence-corrected chi connectivity index (χ2v) is 7.01. The summed E-state index contributed by atoms with van der Waals surface area (Å²) in [6.45, 7) is 1.85. The highest BCUT2D eigenvalue weighted by atomic mass is 79.9. The van der Waals surface area contributed by atoms with Crippen LogP contribution in [0.25, 0.3) is 11.1 Å². The molecule has 0 N–H and O–H groups in total. The third-order valence-corrected chi connectivity index (χ3v) is 4.59. The monoisotopic (exact) mass is 414 g/mol. The van der Waals surface area contributed by atoms with Crippen LogP contribution in [0.15, 0.2) is 71.2 Å². The summed E-state index contributed by atoms with van der Waals surface area (Å²) in [7, 11) is 0. The van der Waals surface area contributed by atoms with E-state index in [2.05, 4.69) is 15.9 Å². The Morgan fingerprint density at radius 3 is 2.28 bits per heavy atom. The van der Waals surface area contributed by atoms with Crippen LogP contribution < -0.4 is 4.74 Å². The lowest BCUT2D eigenvalue weighted by Crippen LogP contribution is -2.12. The van der Waals surface area contributed by atoms with Gasteiger partial charge in [-0.05, 0) is 35.7 Å². The average Bonchev–Trinajstić information content (AvgIpc) is 2.61. The van der Waals surface area contributed by atoms with Crippen LogP contribution in [0, 0.1) is 6.92 Å². The summed E-state index contributed by atoms with van der Waals surface area (Å²) in [5.41, 5.74) is 3.69. The van der Waals surface area contributed by atoms with E-state index in [4.69, 9.17) is 16.3 Å². The Morgan fingerprint density at radius 1 is 1.00 bits per heavy atom. The molecule has 0 unspecified atom stereocenters. The molecule has 0 bridgehead atoms. The Hall–Kier alpha value is -2.10. The minimum absolute atomic E-state index is 0.0487. The minimum atomic E-state index is -0.0852. The molecule has 0 fully saturated rings. The fraction of sp³-hybridized carbons (Fsp3) is 0.0952. The molecule has 0 aliphatic rings. The van der Waals surface area contributed by atoms with Crippen LogP contribution >= 0.6 is 27.5 Å². The lowest BCUT2D eigenvalue weighted by atomic mass is 10.0. The van der Waals surface area contributed by atoms with Gasteiger partial charge in [-0.3, -0.25) is 4.79 Å². The number of hydrogen-bond donors (Lipinski definition) is 0. The van der Waals surface area contributed by atoms with Crippen LogP contribution in [-0.4, -0.2) is 12.4 Å². The van der Waals surface area contributed by atoms with Crippen molar-refractivity contribution >= 4 is 33.3 Å². The maximum absolute atomic E-state index is 12.4. The van der Waals surface area contributed by atoms with Gasteiger partial charge in [-0.15, -0.1) is 0 Å². The summed E-state index contributed by atoms with van der Waals surface area (Å²) in [6.07, 6.45) is 0. The van der Waals surface area contributed by atoms with Crippen molar-refractivity contribution in [1.29, 1.82) is 0 Å². The zero-order valence-corrected chi connectivity index (χ0v) is 16.0. The summed E-state index contributed by atoms with van der Waals surface area (Å²) in [5, 5.41) is 0.485. The Balaban J connectivity index is 1.70. The normalized spacial score (nSPS) is 10.5.